The first-order valence-corrected chi connectivity index (χ1v) is 12.0. The number of benzene rings is 3. The van der Waals surface area contributed by atoms with Gasteiger partial charge >= 0.3 is 0 Å². The van der Waals surface area contributed by atoms with Gasteiger partial charge in [-0.1, -0.05) is 54.6 Å². The van der Waals surface area contributed by atoms with Crippen molar-refractivity contribution in [2.45, 2.75) is 31.6 Å². The Balaban J connectivity index is 1.50. The van der Waals surface area contributed by atoms with Gasteiger partial charge in [0.1, 0.15) is 12.4 Å². The summed E-state index contributed by atoms with van der Waals surface area (Å²) >= 11 is 0. The number of ether oxygens (including phenoxy) is 3. The largest absolute Gasteiger partial charge is 0.491 e. The van der Waals surface area contributed by atoms with E-state index in [1.165, 1.54) is 12.1 Å². The molecule has 0 unspecified atom stereocenters. The van der Waals surface area contributed by atoms with Crippen LogP contribution in [-0.4, -0.2) is 28.2 Å². The minimum Gasteiger partial charge on any atom is -0.491 e. The molecule has 3 aromatic rings. The predicted octanol–water partition coefficient (Wildman–Crippen LogP) is 4.30. The number of rotatable bonds is 13. The van der Waals surface area contributed by atoms with Crippen molar-refractivity contribution in [1.82, 2.24) is 4.72 Å². The predicted molar refractivity (Wildman–Crippen MR) is 124 cm³/mol. The maximum absolute atomic E-state index is 12.6. The fourth-order valence-corrected chi connectivity index (χ4v) is 4.05. The van der Waals surface area contributed by atoms with Crippen LogP contribution in [0.2, 0.25) is 0 Å². The lowest BCUT2D eigenvalue weighted by atomic mass is 10.1. The normalized spacial score (nSPS) is 11.4. The summed E-state index contributed by atoms with van der Waals surface area (Å²) in [7, 11) is -3.63. The monoisotopic (exact) mass is 455 g/mol. The summed E-state index contributed by atoms with van der Waals surface area (Å²) in [6, 6.07) is 24.0. The molecule has 6 nitrogen and oxygen atoms in total. The first-order chi connectivity index (χ1) is 15.6. The fraction of sp³-hybridized carbons (Fsp3) is 0.280. The summed E-state index contributed by atoms with van der Waals surface area (Å²) in [6.45, 7) is 4.65. The van der Waals surface area contributed by atoms with Crippen LogP contribution < -0.4 is 9.46 Å². The van der Waals surface area contributed by atoms with Gasteiger partial charge < -0.3 is 14.2 Å². The molecule has 32 heavy (non-hydrogen) atoms. The van der Waals surface area contributed by atoms with E-state index in [1.807, 2.05) is 61.5 Å². The van der Waals surface area contributed by atoms with E-state index in [1.54, 1.807) is 12.1 Å². The second-order valence-corrected chi connectivity index (χ2v) is 8.91. The number of hydrogen-bond donors (Lipinski definition) is 1. The van der Waals surface area contributed by atoms with Crippen molar-refractivity contribution in [2.75, 3.05) is 19.8 Å². The van der Waals surface area contributed by atoms with Crippen molar-refractivity contribution >= 4 is 10.0 Å². The highest BCUT2D eigenvalue weighted by molar-refractivity contribution is 7.89. The second kappa shape index (κ2) is 12.4. The summed E-state index contributed by atoms with van der Waals surface area (Å²) in [5, 5.41) is 0. The zero-order valence-corrected chi connectivity index (χ0v) is 19.0. The van der Waals surface area contributed by atoms with Crippen molar-refractivity contribution in [3.8, 4) is 5.75 Å². The minimum absolute atomic E-state index is 0.192. The zero-order valence-electron chi connectivity index (χ0n) is 18.2. The number of nitrogens with one attached hydrogen (secondary N) is 1. The van der Waals surface area contributed by atoms with Gasteiger partial charge in [-0.2, -0.15) is 0 Å². The Bertz CT molecular complexity index is 1050. The van der Waals surface area contributed by atoms with Crippen LogP contribution in [0, 0.1) is 0 Å². The summed E-state index contributed by atoms with van der Waals surface area (Å²) < 4.78 is 44.4. The van der Waals surface area contributed by atoms with Crippen molar-refractivity contribution in [3.05, 3.63) is 95.6 Å². The molecule has 3 rings (SSSR count). The number of hydrogen-bond acceptors (Lipinski definition) is 5. The lowest BCUT2D eigenvalue weighted by Crippen LogP contribution is -2.23. The average molecular weight is 456 g/mol. The molecule has 0 heterocycles. The fourth-order valence-electron chi connectivity index (χ4n) is 3.03. The highest BCUT2D eigenvalue weighted by Crippen LogP contribution is 2.17. The Morgan fingerprint density at radius 1 is 0.750 bits per heavy atom. The Hall–Kier alpha value is -2.71. The third kappa shape index (κ3) is 7.76. The van der Waals surface area contributed by atoms with E-state index >= 15 is 0 Å². The summed E-state index contributed by atoms with van der Waals surface area (Å²) in [5.74, 6) is 0.604. The molecule has 0 saturated carbocycles. The van der Waals surface area contributed by atoms with Crippen LogP contribution in [0.1, 0.15) is 23.6 Å². The topological polar surface area (TPSA) is 73.9 Å². The van der Waals surface area contributed by atoms with Crippen molar-refractivity contribution < 1.29 is 22.6 Å². The van der Waals surface area contributed by atoms with E-state index in [-0.39, 0.29) is 11.4 Å². The Morgan fingerprint density at radius 3 is 2.19 bits per heavy atom. The molecule has 0 spiro atoms. The highest BCUT2D eigenvalue weighted by atomic mass is 32.2. The molecule has 0 aliphatic rings. The molecule has 0 saturated heterocycles. The van der Waals surface area contributed by atoms with E-state index in [4.69, 9.17) is 14.2 Å². The maximum Gasteiger partial charge on any atom is 0.240 e. The van der Waals surface area contributed by atoms with Crippen molar-refractivity contribution in [2.24, 2.45) is 0 Å². The molecule has 0 bridgehead atoms. The lowest BCUT2D eigenvalue weighted by molar-refractivity contribution is 0.107. The summed E-state index contributed by atoms with van der Waals surface area (Å²) in [6.07, 6.45) is 0. The molecular formula is C25H29NO5S. The van der Waals surface area contributed by atoms with Crippen LogP contribution in [0.4, 0.5) is 0 Å². The molecule has 0 aliphatic heterocycles. The van der Waals surface area contributed by atoms with Crippen LogP contribution in [0.5, 0.6) is 5.75 Å². The third-order valence-electron chi connectivity index (χ3n) is 4.67. The van der Waals surface area contributed by atoms with E-state index in [9.17, 15) is 8.42 Å². The van der Waals surface area contributed by atoms with Crippen molar-refractivity contribution in [3.63, 3.8) is 0 Å². The molecule has 0 amide bonds. The summed E-state index contributed by atoms with van der Waals surface area (Å²) in [5.41, 5.74) is 2.97. The van der Waals surface area contributed by atoms with E-state index in [0.29, 0.717) is 38.8 Å². The van der Waals surface area contributed by atoms with Gasteiger partial charge in [-0.05, 0) is 47.9 Å². The molecule has 0 aliphatic carbocycles. The Morgan fingerprint density at radius 2 is 1.44 bits per heavy atom. The molecule has 0 aromatic heterocycles. The van der Waals surface area contributed by atoms with E-state index in [0.717, 1.165) is 16.7 Å². The minimum atomic E-state index is -3.63. The molecule has 1 N–H and O–H groups in total. The van der Waals surface area contributed by atoms with Gasteiger partial charge in [0.2, 0.25) is 10.0 Å². The number of sulfonamides is 1. The standard InChI is InChI=1S/C25H29NO5S/c1-2-29-15-16-31-24-11-13-25(14-12-24)32(27,28)26-18-22-9-6-10-23(17-22)20-30-19-21-7-4-3-5-8-21/h3-14,17,26H,2,15-16,18-20H2,1H3. The van der Waals surface area contributed by atoms with Gasteiger partial charge in [0.25, 0.3) is 0 Å². The van der Waals surface area contributed by atoms with Gasteiger partial charge in [-0.3, -0.25) is 0 Å². The second-order valence-electron chi connectivity index (χ2n) is 7.14. The van der Waals surface area contributed by atoms with Gasteiger partial charge in [0.05, 0.1) is 24.7 Å². The first kappa shape index (κ1) is 23.9. The van der Waals surface area contributed by atoms with E-state index < -0.39 is 10.0 Å². The molecule has 0 atom stereocenters. The Kier molecular flexibility index (Phi) is 9.25. The maximum atomic E-state index is 12.6. The quantitative estimate of drug-likeness (QED) is 0.389. The van der Waals surface area contributed by atoms with E-state index in [2.05, 4.69) is 4.72 Å². The first-order valence-electron chi connectivity index (χ1n) is 10.6. The smallest absolute Gasteiger partial charge is 0.240 e. The third-order valence-corrected chi connectivity index (χ3v) is 6.09. The van der Waals surface area contributed by atoms with Gasteiger partial charge in [-0.25, -0.2) is 13.1 Å². The van der Waals surface area contributed by atoms with Gasteiger partial charge in [-0.15, -0.1) is 0 Å². The highest BCUT2D eigenvalue weighted by Gasteiger charge is 2.14. The van der Waals surface area contributed by atoms with Crippen molar-refractivity contribution in [1.29, 1.82) is 0 Å². The molecule has 7 heteroatoms. The average Bonchev–Trinajstić information content (AvgIpc) is 2.82. The lowest BCUT2D eigenvalue weighted by Gasteiger charge is -2.10. The SMILES string of the molecule is CCOCCOc1ccc(S(=O)(=O)NCc2cccc(COCc3ccccc3)c2)cc1. The molecule has 3 aromatic carbocycles. The van der Waals surface area contributed by atoms with Crippen LogP contribution in [-0.2, 0) is 39.3 Å². The molecule has 170 valence electrons. The van der Waals surface area contributed by atoms with Crippen LogP contribution in [0.3, 0.4) is 0 Å². The van der Waals surface area contributed by atoms with Gasteiger partial charge in [0, 0.05) is 13.2 Å². The van der Waals surface area contributed by atoms with Gasteiger partial charge in [0.15, 0.2) is 0 Å². The molecule has 0 fully saturated rings. The Labute approximate surface area is 190 Å². The summed E-state index contributed by atoms with van der Waals surface area (Å²) in [4.78, 5) is 0.192. The van der Waals surface area contributed by atoms with Crippen LogP contribution in [0.15, 0.2) is 83.8 Å². The molecule has 0 radical (unpaired) electrons. The zero-order chi connectivity index (χ0) is 22.7. The van der Waals surface area contributed by atoms with Crippen LogP contribution in [0.25, 0.3) is 0 Å². The molecular weight excluding hydrogens is 426 g/mol. The van der Waals surface area contributed by atoms with Crippen LogP contribution >= 0.6 is 0 Å².